The van der Waals surface area contributed by atoms with Crippen molar-refractivity contribution >= 4 is 41.6 Å². The van der Waals surface area contributed by atoms with Gasteiger partial charge in [-0.25, -0.2) is 20.0 Å². The molecule has 2 unspecified atom stereocenters. The van der Waals surface area contributed by atoms with Gasteiger partial charge >= 0.3 is 12.1 Å². The highest BCUT2D eigenvalue weighted by atomic mass is 16.7. The van der Waals surface area contributed by atoms with Crippen molar-refractivity contribution in [2.24, 2.45) is 0 Å². The Morgan fingerprint density at radius 3 is 2.11 bits per heavy atom. The second-order valence-corrected chi connectivity index (χ2v) is 9.20. The third-order valence-corrected chi connectivity index (χ3v) is 5.34. The molecule has 0 radical (unpaired) electrons. The largest absolute Gasteiger partial charge is 0.443 e. The summed E-state index contributed by atoms with van der Waals surface area (Å²) in [5.41, 5.74) is 1.48. The average Bonchev–Trinajstić information content (AvgIpc) is 3.03. The number of ether oxygens (including phenoxy) is 1. The molecule has 3 rings (SSSR count). The molecule has 1 aromatic carbocycles. The van der Waals surface area contributed by atoms with Crippen LogP contribution in [0.4, 0.5) is 4.79 Å². The Morgan fingerprint density at radius 1 is 1.06 bits per heavy atom. The van der Waals surface area contributed by atoms with E-state index in [9.17, 15) is 33.6 Å². The van der Waals surface area contributed by atoms with Crippen molar-refractivity contribution in [2.45, 2.75) is 65.1 Å². The van der Waals surface area contributed by atoms with Gasteiger partial charge in [-0.05, 0) is 46.2 Å². The fourth-order valence-corrected chi connectivity index (χ4v) is 3.69. The Bertz CT molecular complexity index is 1120. The van der Waals surface area contributed by atoms with Crippen LogP contribution in [0.25, 0.3) is 0 Å². The van der Waals surface area contributed by atoms with Gasteiger partial charge in [-0.1, -0.05) is 12.1 Å². The maximum atomic E-state index is 13.1. The van der Waals surface area contributed by atoms with Gasteiger partial charge in [0, 0.05) is 13.3 Å². The molecule has 2 atom stereocenters. The molecule has 2 heterocycles. The molecule has 13 heteroatoms. The van der Waals surface area contributed by atoms with Crippen LogP contribution in [0, 0.1) is 0 Å². The van der Waals surface area contributed by atoms with Crippen molar-refractivity contribution in [3.63, 3.8) is 0 Å². The van der Waals surface area contributed by atoms with Crippen LogP contribution in [-0.4, -0.2) is 74.3 Å². The first-order valence-electron chi connectivity index (χ1n) is 11.1. The molecule has 0 saturated carbocycles. The van der Waals surface area contributed by atoms with Crippen LogP contribution in [0.15, 0.2) is 24.3 Å². The summed E-state index contributed by atoms with van der Waals surface area (Å²) in [6.45, 7) is 7.06. The van der Waals surface area contributed by atoms with Crippen LogP contribution in [0.1, 0.15) is 68.2 Å². The van der Waals surface area contributed by atoms with Crippen LogP contribution < -0.4 is 5.43 Å². The van der Waals surface area contributed by atoms with Gasteiger partial charge in [0.25, 0.3) is 23.6 Å². The van der Waals surface area contributed by atoms with E-state index in [4.69, 9.17) is 9.57 Å². The topological polar surface area (TPSA) is 160 Å². The van der Waals surface area contributed by atoms with Crippen molar-refractivity contribution in [1.29, 1.82) is 0 Å². The van der Waals surface area contributed by atoms with Crippen LogP contribution in [0.5, 0.6) is 0 Å². The fraction of sp³-hybridized carbons (Fsp3) is 0.435. The van der Waals surface area contributed by atoms with Crippen molar-refractivity contribution in [2.75, 3.05) is 0 Å². The minimum atomic E-state index is -1.48. The number of fused-ring (bicyclic) bond motifs is 1. The zero-order valence-electron chi connectivity index (χ0n) is 20.4. The Kier molecular flexibility index (Phi) is 7.13. The van der Waals surface area contributed by atoms with Crippen molar-refractivity contribution in [3.8, 4) is 0 Å². The first-order valence-corrected chi connectivity index (χ1v) is 11.1. The Morgan fingerprint density at radius 2 is 1.61 bits per heavy atom. The van der Waals surface area contributed by atoms with E-state index in [0.29, 0.717) is 5.01 Å². The molecular weight excluding hydrogens is 476 g/mol. The normalized spacial score (nSPS) is 18.5. The number of benzene rings is 1. The van der Waals surface area contributed by atoms with Gasteiger partial charge in [0.2, 0.25) is 5.91 Å². The van der Waals surface area contributed by atoms with E-state index in [2.05, 4.69) is 5.43 Å². The zero-order chi connectivity index (χ0) is 26.9. The summed E-state index contributed by atoms with van der Waals surface area (Å²) < 4.78 is 5.07. The van der Waals surface area contributed by atoms with E-state index in [-0.39, 0.29) is 29.0 Å². The lowest BCUT2D eigenvalue weighted by molar-refractivity contribution is -0.211. The number of carbonyl (C=O) groups excluding carboxylic acids is 7. The summed E-state index contributed by atoms with van der Waals surface area (Å²) in [5, 5.41) is 0.805. The molecule has 1 aromatic rings. The van der Waals surface area contributed by atoms with Gasteiger partial charge in [-0.3, -0.25) is 28.9 Å². The molecule has 1 saturated heterocycles. The van der Waals surface area contributed by atoms with E-state index in [1.807, 2.05) is 0 Å². The van der Waals surface area contributed by atoms with Crippen LogP contribution in [0.2, 0.25) is 0 Å². The number of hydrogen-bond acceptors (Lipinski definition) is 9. The Balaban J connectivity index is 1.75. The molecule has 0 aromatic heterocycles. The van der Waals surface area contributed by atoms with E-state index >= 15 is 0 Å². The summed E-state index contributed by atoms with van der Waals surface area (Å²) in [4.78, 5) is 93.6. The minimum absolute atomic E-state index is 0.120. The first kappa shape index (κ1) is 26.3. The van der Waals surface area contributed by atoms with Gasteiger partial charge in [-0.15, -0.1) is 5.06 Å². The van der Waals surface area contributed by atoms with Crippen LogP contribution >= 0.6 is 0 Å². The summed E-state index contributed by atoms with van der Waals surface area (Å²) >= 11 is 0. The number of imide groups is 2. The lowest BCUT2D eigenvalue weighted by atomic mass is 10.0. The number of hydrazine groups is 1. The highest BCUT2D eigenvalue weighted by Crippen LogP contribution is 2.29. The number of piperidine rings is 1. The maximum absolute atomic E-state index is 13.1. The molecule has 1 N–H and O–H groups in total. The first-order chi connectivity index (χ1) is 16.7. The summed E-state index contributed by atoms with van der Waals surface area (Å²) in [7, 11) is 0. The number of hydroxylamine groups is 2. The van der Waals surface area contributed by atoms with Gasteiger partial charge in [-0.2, -0.15) is 0 Å². The van der Waals surface area contributed by atoms with Gasteiger partial charge in [0.15, 0.2) is 6.04 Å². The summed E-state index contributed by atoms with van der Waals surface area (Å²) in [6.07, 6.45) is -1.46. The van der Waals surface area contributed by atoms with E-state index < -0.39 is 59.3 Å². The molecule has 1 fully saturated rings. The number of amides is 6. The molecule has 192 valence electrons. The van der Waals surface area contributed by atoms with E-state index in [1.54, 1.807) is 32.9 Å². The monoisotopic (exact) mass is 502 g/mol. The fourth-order valence-electron chi connectivity index (χ4n) is 3.69. The van der Waals surface area contributed by atoms with Crippen LogP contribution in [0.3, 0.4) is 0 Å². The zero-order valence-corrected chi connectivity index (χ0v) is 20.4. The molecule has 2 aliphatic rings. The number of nitrogens with one attached hydrogen (secondary N) is 1. The smallest absolute Gasteiger partial charge is 0.426 e. The summed E-state index contributed by atoms with van der Waals surface area (Å²) in [5.74, 6) is -5.35. The highest BCUT2D eigenvalue weighted by Gasteiger charge is 2.48. The molecule has 36 heavy (non-hydrogen) atoms. The standard InChI is InChI=1S/C23H26N4O9/c1-12(26(13(2)28)24-22(34)35-23(3,4)5)21(33)36-27-17(29)11-10-16(20(27)32)25-18(30)14-8-6-7-9-15(14)19(25)31/h6-9,12,16H,10-11H2,1-5H3,(H,24,34). The van der Waals surface area contributed by atoms with Crippen molar-refractivity contribution in [3.05, 3.63) is 35.4 Å². The molecule has 0 spiro atoms. The van der Waals surface area contributed by atoms with E-state index in [1.165, 1.54) is 19.1 Å². The second kappa shape index (κ2) is 9.76. The van der Waals surface area contributed by atoms with Crippen LogP contribution in [-0.2, 0) is 28.8 Å². The molecule has 0 bridgehead atoms. The minimum Gasteiger partial charge on any atom is -0.443 e. The number of hydrogen-bond donors (Lipinski definition) is 1. The molecule has 0 aliphatic carbocycles. The van der Waals surface area contributed by atoms with Gasteiger partial charge < -0.3 is 9.57 Å². The van der Waals surface area contributed by atoms with Crippen molar-refractivity contribution in [1.82, 2.24) is 20.4 Å². The third-order valence-electron chi connectivity index (χ3n) is 5.34. The predicted octanol–water partition coefficient (Wildman–Crippen LogP) is 0.935. The predicted molar refractivity (Wildman–Crippen MR) is 119 cm³/mol. The Hall–Kier alpha value is -4.29. The maximum Gasteiger partial charge on any atom is 0.426 e. The third kappa shape index (κ3) is 5.19. The average molecular weight is 502 g/mol. The van der Waals surface area contributed by atoms with Gasteiger partial charge in [0.1, 0.15) is 11.6 Å². The molecule has 2 aliphatic heterocycles. The highest BCUT2D eigenvalue weighted by molar-refractivity contribution is 6.23. The lowest BCUT2D eigenvalue weighted by Gasteiger charge is -2.34. The molecule has 13 nitrogen and oxygen atoms in total. The number of rotatable bonds is 4. The van der Waals surface area contributed by atoms with Crippen molar-refractivity contribution < 1.29 is 43.1 Å². The second-order valence-electron chi connectivity index (χ2n) is 9.20. The number of nitrogens with zero attached hydrogens (tertiary/aromatic N) is 3. The van der Waals surface area contributed by atoms with Gasteiger partial charge in [0.05, 0.1) is 11.1 Å². The summed E-state index contributed by atoms with van der Waals surface area (Å²) in [6, 6.07) is 3.18. The Labute approximate surface area is 206 Å². The quantitative estimate of drug-likeness (QED) is 0.467. The molecule has 6 amide bonds. The SMILES string of the molecule is CC(=O)N(NC(=O)OC(C)(C)C)C(C)C(=O)ON1C(=O)CCC(N2C(=O)c3ccccc3C2=O)C1=O. The van der Waals surface area contributed by atoms with E-state index in [0.717, 1.165) is 11.8 Å². The number of carbonyl (C=O) groups is 7. The lowest BCUT2D eigenvalue weighted by Crippen LogP contribution is -2.59. The molecular formula is C23H26N4O9.